The van der Waals surface area contributed by atoms with Crippen LogP contribution >= 0.6 is 11.6 Å². The van der Waals surface area contributed by atoms with E-state index in [0.717, 1.165) is 11.3 Å². The van der Waals surface area contributed by atoms with Crippen LogP contribution in [0.4, 0.5) is 10.1 Å². The quantitative estimate of drug-likeness (QED) is 0.752. The van der Waals surface area contributed by atoms with E-state index in [1.807, 2.05) is 18.7 Å². The minimum absolute atomic E-state index is 0.00910. The Balaban J connectivity index is 1.71. The predicted molar refractivity (Wildman–Crippen MR) is 104 cm³/mol. The maximum atomic E-state index is 13.3. The summed E-state index contributed by atoms with van der Waals surface area (Å²) in [6.07, 6.45) is -0.221. The van der Waals surface area contributed by atoms with Crippen LogP contribution in [-0.4, -0.2) is 29.6 Å². The molecule has 5 nitrogen and oxygen atoms in total. The maximum Gasteiger partial charge on any atom is 0.257 e. The van der Waals surface area contributed by atoms with Crippen molar-refractivity contribution in [3.05, 3.63) is 64.4 Å². The van der Waals surface area contributed by atoms with Crippen LogP contribution in [0, 0.1) is 11.7 Å². The van der Waals surface area contributed by atoms with E-state index in [0.29, 0.717) is 17.1 Å². The fourth-order valence-electron chi connectivity index (χ4n) is 3.99. The average Bonchev–Trinajstić information content (AvgIpc) is 3.11. The number of hydrogen-bond donors (Lipinski definition) is 3. The Labute approximate surface area is 162 Å². The number of carbonyl (C=O) groups is 1. The van der Waals surface area contributed by atoms with E-state index in [9.17, 15) is 9.18 Å². The summed E-state index contributed by atoms with van der Waals surface area (Å²) in [4.78, 5) is 15.1. The van der Waals surface area contributed by atoms with Gasteiger partial charge in [0.25, 0.3) is 5.91 Å². The summed E-state index contributed by atoms with van der Waals surface area (Å²) in [7, 11) is 0. The lowest BCUT2D eigenvalue weighted by molar-refractivity contribution is 0.0539. The van der Waals surface area contributed by atoms with Gasteiger partial charge in [0.2, 0.25) is 0 Å². The van der Waals surface area contributed by atoms with E-state index in [4.69, 9.17) is 11.6 Å². The summed E-state index contributed by atoms with van der Waals surface area (Å²) in [5.41, 5.74) is 8.82. The average molecular weight is 389 g/mol. The first-order valence-electron chi connectivity index (χ1n) is 9.08. The molecule has 4 rings (SSSR count). The van der Waals surface area contributed by atoms with E-state index >= 15 is 0 Å². The molecule has 3 unspecified atom stereocenters. The highest BCUT2D eigenvalue weighted by Crippen LogP contribution is 2.37. The molecule has 1 saturated heterocycles. The molecule has 0 bridgehead atoms. The molecule has 27 heavy (non-hydrogen) atoms. The molecule has 7 heteroatoms. The van der Waals surface area contributed by atoms with Crippen molar-refractivity contribution in [1.82, 2.24) is 15.8 Å². The molecular formula is C20H22ClFN4O. The summed E-state index contributed by atoms with van der Waals surface area (Å²) in [6, 6.07) is 11.7. The van der Waals surface area contributed by atoms with Gasteiger partial charge in [-0.1, -0.05) is 23.7 Å². The van der Waals surface area contributed by atoms with Crippen molar-refractivity contribution in [3.63, 3.8) is 0 Å². The van der Waals surface area contributed by atoms with Gasteiger partial charge in [-0.3, -0.25) is 10.2 Å². The van der Waals surface area contributed by atoms with E-state index in [1.54, 1.807) is 30.3 Å². The highest BCUT2D eigenvalue weighted by molar-refractivity contribution is 6.31. The van der Waals surface area contributed by atoms with Crippen molar-refractivity contribution >= 4 is 23.2 Å². The Bertz CT molecular complexity index is 858. The molecule has 0 aromatic heterocycles. The number of nitrogens with zero attached hydrogens (tertiary/aromatic N) is 1. The second-order valence-corrected chi connectivity index (χ2v) is 7.74. The van der Waals surface area contributed by atoms with Crippen LogP contribution in [0.25, 0.3) is 0 Å². The van der Waals surface area contributed by atoms with Crippen molar-refractivity contribution < 1.29 is 9.18 Å². The first-order valence-corrected chi connectivity index (χ1v) is 9.46. The molecule has 2 heterocycles. The maximum absolute atomic E-state index is 13.3. The van der Waals surface area contributed by atoms with Gasteiger partial charge in [0.15, 0.2) is 0 Å². The molecule has 0 spiro atoms. The van der Waals surface area contributed by atoms with E-state index in [1.165, 1.54) is 12.1 Å². The Morgan fingerprint density at radius 3 is 2.63 bits per heavy atom. The number of hydrazine groups is 1. The molecule has 0 radical (unpaired) electrons. The minimum atomic E-state index is -0.264. The molecule has 2 aromatic rings. The summed E-state index contributed by atoms with van der Waals surface area (Å²) in [5.74, 6) is -0.223. The van der Waals surface area contributed by atoms with E-state index < -0.39 is 0 Å². The fraction of sp³-hybridized carbons (Fsp3) is 0.350. The summed E-state index contributed by atoms with van der Waals surface area (Å²) in [5, 5.41) is 4.11. The molecule has 142 valence electrons. The third kappa shape index (κ3) is 3.29. The highest BCUT2D eigenvalue weighted by Gasteiger charge is 2.43. The van der Waals surface area contributed by atoms with Crippen LogP contribution in [0.3, 0.4) is 0 Å². The topological polar surface area (TPSA) is 56.4 Å². The van der Waals surface area contributed by atoms with Crippen molar-refractivity contribution in [2.75, 3.05) is 11.9 Å². The smallest absolute Gasteiger partial charge is 0.257 e. The normalized spacial score (nSPS) is 24.9. The fourth-order valence-corrected chi connectivity index (χ4v) is 4.16. The molecule has 0 saturated carbocycles. The number of anilines is 1. The van der Waals surface area contributed by atoms with Crippen molar-refractivity contribution in [2.24, 2.45) is 5.92 Å². The van der Waals surface area contributed by atoms with Gasteiger partial charge in [0.1, 0.15) is 12.0 Å². The molecule has 1 amide bonds. The van der Waals surface area contributed by atoms with Crippen LogP contribution in [-0.2, 0) is 0 Å². The summed E-state index contributed by atoms with van der Waals surface area (Å²) < 4.78 is 13.3. The Hall–Kier alpha value is -2.15. The number of fused-ring (bicyclic) bond motifs is 1. The number of rotatable bonds is 3. The molecule has 3 N–H and O–H groups in total. The second-order valence-electron chi connectivity index (χ2n) is 7.30. The zero-order chi connectivity index (χ0) is 19.1. The predicted octanol–water partition coefficient (Wildman–Crippen LogP) is 3.55. The Kier molecular flexibility index (Phi) is 4.80. The molecule has 3 atom stereocenters. The van der Waals surface area contributed by atoms with Crippen LogP contribution in [0.2, 0.25) is 5.02 Å². The van der Waals surface area contributed by atoms with Gasteiger partial charge in [0, 0.05) is 29.2 Å². The third-order valence-corrected chi connectivity index (χ3v) is 5.50. The van der Waals surface area contributed by atoms with Crippen LogP contribution in [0.15, 0.2) is 42.5 Å². The molecule has 0 aliphatic carbocycles. The first-order chi connectivity index (χ1) is 13.0. The van der Waals surface area contributed by atoms with Crippen LogP contribution in [0.5, 0.6) is 0 Å². The molecule has 1 fully saturated rings. The molecule has 2 aliphatic rings. The third-order valence-electron chi connectivity index (χ3n) is 5.26. The SMILES string of the molecule is CC(C)N1C(=O)c2ccc(Cl)cc2NC1C1CNNC1c1ccc(F)cc1. The Morgan fingerprint density at radius 2 is 1.93 bits per heavy atom. The lowest BCUT2D eigenvalue weighted by Gasteiger charge is -2.44. The summed E-state index contributed by atoms with van der Waals surface area (Å²) >= 11 is 6.14. The zero-order valence-electron chi connectivity index (χ0n) is 15.2. The number of benzene rings is 2. The van der Waals surface area contributed by atoms with Gasteiger partial charge in [0.05, 0.1) is 11.6 Å². The largest absolute Gasteiger partial charge is 0.364 e. The minimum Gasteiger partial charge on any atom is -0.364 e. The zero-order valence-corrected chi connectivity index (χ0v) is 15.9. The molecule has 2 aliphatic heterocycles. The van der Waals surface area contributed by atoms with Crippen molar-refractivity contribution in [1.29, 1.82) is 0 Å². The number of carbonyl (C=O) groups excluding carboxylic acids is 1. The molecule has 2 aromatic carbocycles. The second kappa shape index (κ2) is 7.11. The van der Waals surface area contributed by atoms with Crippen molar-refractivity contribution in [3.8, 4) is 0 Å². The standard InChI is InChI=1S/C20H22ClFN4O/c1-11(2)26-19(24-17-9-13(21)5-8-15(17)20(26)27)16-10-23-25-18(16)12-3-6-14(22)7-4-12/h3-9,11,16,18-19,23-25H,10H2,1-2H3. The van der Waals surface area contributed by atoms with E-state index in [2.05, 4.69) is 16.2 Å². The van der Waals surface area contributed by atoms with Gasteiger partial charge >= 0.3 is 0 Å². The highest BCUT2D eigenvalue weighted by atomic mass is 35.5. The van der Waals surface area contributed by atoms with Crippen molar-refractivity contribution in [2.45, 2.75) is 32.1 Å². The van der Waals surface area contributed by atoms with E-state index in [-0.39, 0.29) is 35.9 Å². The number of nitrogens with one attached hydrogen (secondary N) is 3. The Morgan fingerprint density at radius 1 is 1.19 bits per heavy atom. The van der Waals surface area contributed by atoms with Crippen LogP contribution in [0.1, 0.15) is 35.8 Å². The van der Waals surface area contributed by atoms with Gasteiger partial charge < -0.3 is 10.2 Å². The summed E-state index contributed by atoms with van der Waals surface area (Å²) in [6.45, 7) is 4.69. The van der Waals surface area contributed by atoms with Gasteiger partial charge in [-0.2, -0.15) is 0 Å². The van der Waals surface area contributed by atoms with Gasteiger partial charge in [-0.05, 0) is 49.7 Å². The lowest BCUT2D eigenvalue weighted by atomic mass is 9.89. The number of amides is 1. The molecular weight excluding hydrogens is 367 g/mol. The number of hydrogen-bond acceptors (Lipinski definition) is 4. The van der Waals surface area contributed by atoms with Gasteiger partial charge in [-0.25, -0.2) is 9.82 Å². The first kappa shape index (κ1) is 18.2. The monoisotopic (exact) mass is 388 g/mol. The lowest BCUT2D eigenvalue weighted by Crippen LogP contribution is -2.56. The number of halogens is 2. The van der Waals surface area contributed by atoms with Crippen LogP contribution < -0.4 is 16.2 Å². The van der Waals surface area contributed by atoms with Gasteiger partial charge in [-0.15, -0.1) is 0 Å².